The second kappa shape index (κ2) is 8.35. The molecule has 1 atom stereocenters. The predicted molar refractivity (Wildman–Crippen MR) is 95.7 cm³/mol. The van der Waals surface area contributed by atoms with E-state index in [-0.39, 0.29) is 11.7 Å². The number of halogens is 1. The van der Waals surface area contributed by atoms with Crippen LogP contribution < -0.4 is 5.32 Å². The van der Waals surface area contributed by atoms with E-state index in [9.17, 15) is 9.18 Å². The van der Waals surface area contributed by atoms with Gasteiger partial charge in [0.15, 0.2) is 0 Å². The maximum atomic E-state index is 14.0. The average Bonchev–Trinajstić information content (AvgIpc) is 2.98. The third kappa shape index (κ3) is 4.61. The molecule has 0 aliphatic carbocycles. The van der Waals surface area contributed by atoms with Crippen molar-refractivity contribution < 1.29 is 9.18 Å². The Morgan fingerprint density at radius 1 is 1.33 bits per heavy atom. The van der Waals surface area contributed by atoms with Crippen LogP contribution in [0.25, 0.3) is 0 Å². The third-order valence-electron chi connectivity index (χ3n) is 3.71. The van der Waals surface area contributed by atoms with Crippen LogP contribution in [0.3, 0.4) is 0 Å². The van der Waals surface area contributed by atoms with Crippen molar-refractivity contribution in [3.63, 3.8) is 0 Å². The molecule has 1 heterocycles. The maximum Gasteiger partial charge on any atom is 0.242 e. The highest BCUT2D eigenvalue weighted by Crippen LogP contribution is 2.22. The number of thiazole rings is 1. The molecule has 0 unspecified atom stereocenters. The van der Waals surface area contributed by atoms with Crippen LogP contribution in [0.15, 0.2) is 29.6 Å². The van der Waals surface area contributed by atoms with Crippen LogP contribution in [0.5, 0.6) is 0 Å². The van der Waals surface area contributed by atoms with Gasteiger partial charge < -0.3 is 5.32 Å². The summed E-state index contributed by atoms with van der Waals surface area (Å²) >= 11 is 1.64. The number of hydrogen-bond donors (Lipinski definition) is 1. The van der Waals surface area contributed by atoms with Crippen LogP contribution in [0, 0.1) is 5.82 Å². The summed E-state index contributed by atoms with van der Waals surface area (Å²) in [5.74, 6) is -0.158. The third-order valence-corrected chi connectivity index (χ3v) is 4.90. The molecule has 1 aromatic carbocycles. The van der Waals surface area contributed by atoms with Gasteiger partial charge in [-0.1, -0.05) is 32.0 Å². The summed E-state index contributed by atoms with van der Waals surface area (Å²) in [5.41, 5.74) is 1.37. The topological polar surface area (TPSA) is 45.2 Å². The summed E-state index contributed by atoms with van der Waals surface area (Å²) in [6.45, 7) is 4.71. The molecule has 1 amide bonds. The van der Waals surface area contributed by atoms with Gasteiger partial charge in [-0.05, 0) is 20.2 Å². The van der Waals surface area contributed by atoms with Gasteiger partial charge >= 0.3 is 0 Å². The molecule has 1 N–H and O–H groups in total. The van der Waals surface area contributed by atoms with Gasteiger partial charge in [0.2, 0.25) is 5.91 Å². The number of hydrogen-bond acceptors (Lipinski definition) is 4. The van der Waals surface area contributed by atoms with E-state index in [1.165, 1.54) is 6.07 Å². The van der Waals surface area contributed by atoms with Crippen LogP contribution in [0.4, 0.5) is 4.39 Å². The van der Waals surface area contributed by atoms with Crippen molar-refractivity contribution in [2.45, 2.75) is 32.2 Å². The van der Waals surface area contributed by atoms with Gasteiger partial charge in [0.1, 0.15) is 11.9 Å². The lowest BCUT2D eigenvalue weighted by atomic mass is 10.0. The van der Waals surface area contributed by atoms with Crippen molar-refractivity contribution in [3.8, 4) is 0 Å². The van der Waals surface area contributed by atoms with Crippen LogP contribution >= 0.6 is 11.3 Å². The fourth-order valence-corrected chi connectivity index (χ4v) is 3.33. The molecule has 0 bridgehead atoms. The Labute approximate surface area is 146 Å². The van der Waals surface area contributed by atoms with E-state index in [4.69, 9.17) is 0 Å². The van der Waals surface area contributed by atoms with Crippen molar-refractivity contribution in [2.24, 2.45) is 0 Å². The Morgan fingerprint density at radius 3 is 2.62 bits per heavy atom. The van der Waals surface area contributed by atoms with Crippen molar-refractivity contribution in [3.05, 3.63) is 51.7 Å². The molecule has 24 heavy (non-hydrogen) atoms. The molecular weight excluding hydrogens is 325 g/mol. The van der Waals surface area contributed by atoms with E-state index in [0.29, 0.717) is 24.4 Å². The lowest BCUT2D eigenvalue weighted by Crippen LogP contribution is -2.38. The highest BCUT2D eigenvalue weighted by Gasteiger charge is 2.25. The van der Waals surface area contributed by atoms with E-state index < -0.39 is 6.04 Å². The summed E-state index contributed by atoms with van der Waals surface area (Å²) in [4.78, 5) is 18.8. The van der Waals surface area contributed by atoms with Crippen molar-refractivity contribution in [1.29, 1.82) is 0 Å². The number of carbonyl (C=O) groups excluding carboxylic acids is 1. The maximum absolute atomic E-state index is 14.0. The lowest BCUT2D eigenvalue weighted by Gasteiger charge is -2.24. The largest absolute Gasteiger partial charge is 0.354 e. The number of aromatic nitrogens is 1. The first-order valence-corrected chi connectivity index (χ1v) is 8.91. The smallest absolute Gasteiger partial charge is 0.242 e. The van der Waals surface area contributed by atoms with Gasteiger partial charge in [-0.3, -0.25) is 9.69 Å². The summed E-state index contributed by atoms with van der Waals surface area (Å²) in [7, 11) is 3.54. The van der Waals surface area contributed by atoms with Crippen LogP contribution in [0.2, 0.25) is 0 Å². The molecule has 4 nitrogen and oxygen atoms in total. The van der Waals surface area contributed by atoms with E-state index in [1.54, 1.807) is 48.5 Å². The van der Waals surface area contributed by atoms with Crippen molar-refractivity contribution in [1.82, 2.24) is 15.2 Å². The molecule has 0 saturated heterocycles. The van der Waals surface area contributed by atoms with Gasteiger partial charge in [-0.2, -0.15) is 0 Å². The normalized spacial score (nSPS) is 12.6. The summed E-state index contributed by atoms with van der Waals surface area (Å²) in [6, 6.07) is 5.74. The summed E-state index contributed by atoms with van der Waals surface area (Å²) < 4.78 is 14.0. The minimum atomic E-state index is -0.646. The second-order valence-corrected chi connectivity index (χ2v) is 7.15. The lowest BCUT2D eigenvalue weighted by molar-refractivity contribution is -0.125. The number of nitrogens with zero attached hydrogens (tertiary/aromatic N) is 2. The second-order valence-electron chi connectivity index (χ2n) is 6.26. The summed E-state index contributed by atoms with van der Waals surface area (Å²) in [6.07, 6.45) is 0.673. The fraction of sp³-hybridized carbons (Fsp3) is 0.444. The molecule has 0 aliphatic heterocycles. The zero-order valence-electron chi connectivity index (χ0n) is 14.5. The van der Waals surface area contributed by atoms with Crippen molar-refractivity contribution in [2.75, 3.05) is 20.6 Å². The SMILES string of the molecule is CC(C)c1nc(CCNC(=O)[C@H](c2ccccc2F)N(C)C)cs1. The Balaban J connectivity index is 1.97. The highest BCUT2D eigenvalue weighted by molar-refractivity contribution is 7.09. The molecule has 0 radical (unpaired) electrons. The monoisotopic (exact) mass is 349 g/mol. The predicted octanol–water partition coefficient (Wildman–Crippen LogP) is 3.37. The molecule has 0 aliphatic rings. The fourth-order valence-electron chi connectivity index (χ4n) is 2.46. The van der Waals surface area contributed by atoms with Gasteiger partial charge in [0, 0.05) is 29.8 Å². The highest BCUT2D eigenvalue weighted by atomic mass is 32.1. The minimum Gasteiger partial charge on any atom is -0.354 e. The molecule has 130 valence electrons. The van der Waals surface area contributed by atoms with Crippen LogP contribution in [-0.2, 0) is 11.2 Å². The molecule has 0 fully saturated rings. The van der Waals surface area contributed by atoms with Crippen LogP contribution in [0.1, 0.15) is 42.1 Å². The zero-order valence-corrected chi connectivity index (χ0v) is 15.4. The standard InChI is InChI=1S/C18H24FN3OS/c1-12(2)18-21-13(11-24-18)9-10-20-17(23)16(22(3)4)14-7-5-6-8-15(14)19/h5-8,11-12,16H,9-10H2,1-4H3,(H,20,23)/t16-/m0/s1. The molecule has 0 saturated carbocycles. The Hall–Kier alpha value is -1.79. The first-order chi connectivity index (χ1) is 11.4. The molecule has 1 aromatic heterocycles. The molecular formula is C18H24FN3OS. The quantitative estimate of drug-likeness (QED) is 0.834. The number of rotatable bonds is 7. The van der Waals surface area contributed by atoms with Gasteiger partial charge in [-0.15, -0.1) is 11.3 Å². The van der Waals surface area contributed by atoms with Crippen molar-refractivity contribution >= 4 is 17.2 Å². The average molecular weight is 349 g/mol. The van der Waals surface area contributed by atoms with Crippen LogP contribution in [-0.4, -0.2) is 36.4 Å². The van der Waals surface area contributed by atoms with E-state index in [0.717, 1.165) is 10.7 Å². The zero-order chi connectivity index (χ0) is 17.7. The minimum absolute atomic E-state index is 0.204. The van der Waals surface area contributed by atoms with Gasteiger partial charge in [-0.25, -0.2) is 9.37 Å². The number of carbonyl (C=O) groups is 1. The molecule has 2 rings (SSSR count). The molecule has 6 heteroatoms. The van der Waals surface area contributed by atoms with E-state index >= 15 is 0 Å². The number of likely N-dealkylation sites (N-methyl/N-ethyl adjacent to an activating group) is 1. The van der Waals surface area contributed by atoms with Gasteiger partial charge in [0.05, 0.1) is 10.7 Å². The Kier molecular flexibility index (Phi) is 6.45. The number of amides is 1. The molecule has 2 aromatic rings. The van der Waals surface area contributed by atoms with Gasteiger partial charge in [0.25, 0.3) is 0 Å². The number of benzene rings is 1. The van der Waals surface area contributed by atoms with E-state index in [1.807, 2.05) is 5.38 Å². The molecule has 0 spiro atoms. The first kappa shape index (κ1) is 18.5. The first-order valence-electron chi connectivity index (χ1n) is 8.03. The van der Waals surface area contributed by atoms with E-state index in [2.05, 4.69) is 24.1 Å². The Bertz CT molecular complexity index is 684. The number of nitrogens with one attached hydrogen (secondary N) is 1. The summed E-state index contributed by atoms with van der Waals surface area (Å²) in [5, 5.41) is 6.03. The Morgan fingerprint density at radius 2 is 2.04 bits per heavy atom.